The molecule has 8 heteroatoms. The van der Waals surface area contributed by atoms with Crippen LogP contribution < -0.4 is 16.6 Å². The number of nitrogen functional groups attached to an aromatic ring is 1. The van der Waals surface area contributed by atoms with Crippen molar-refractivity contribution in [3.63, 3.8) is 0 Å². The molecule has 0 bridgehead atoms. The van der Waals surface area contributed by atoms with Gasteiger partial charge in [-0.1, -0.05) is 34.8 Å². The number of anilines is 2. The van der Waals surface area contributed by atoms with Crippen molar-refractivity contribution in [2.75, 3.05) is 10.7 Å². The second kappa shape index (κ2) is 6.49. The number of pyridine rings is 1. The lowest BCUT2D eigenvalue weighted by molar-refractivity contribution is 0.102. The largest absolute Gasteiger partial charge is 0.319 e. The van der Waals surface area contributed by atoms with Crippen LogP contribution in [0.15, 0.2) is 24.3 Å². The number of amides is 1. The van der Waals surface area contributed by atoms with Crippen LogP contribution in [0.5, 0.6) is 0 Å². The summed E-state index contributed by atoms with van der Waals surface area (Å²) in [5.74, 6) is 5.06. The highest BCUT2D eigenvalue weighted by Crippen LogP contribution is 2.29. The molecule has 1 aromatic carbocycles. The molecule has 1 heterocycles. The molecular formula is C13H11Cl3N4O. The lowest BCUT2D eigenvalue weighted by atomic mass is 10.2. The molecule has 110 valence electrons. The van der Waals surface area contributed by atoms with Crippen molar-refractivity contribution in [2.24, 2.45) is 5.84 Å². The van der Waals surface area contributed by atoms with E-state index in [-0.39, 0.29) is 10.7 Å². The molecule has 0 fully saturated rings. The number of carbonyl (C=O) groups is 1. The average molecular weight is 346 g/mol. The van der Waals surface area contributed by atoms with E-state index in [9.17, 15) is 4.79 Å². The molecule has 0 saturated heterocycles. The molecule has 0 aliphatic carbocycles. The minimum absolute atomic E-state index is 0.0277. The third-order valence-electron chi connectivity index (χ3n) is 2.71. The Morgan fingerprint density at radius 1 is 1.14 bits per heavy atom. The van der Waals surface area contributed by atoms with Crippen LogP contribution in [0.2, 0.25) is 15.1 Å². The van der Waals surface area contributed by atoms with Crippen LogP contribution in [-0.4, -0.2) is 10.9 Å². The zero-order valence-corrected chi connectivity index (χ0v) is 13.1. The summed E-state index contributed by atoms with van der Waals surface area (Å²) in [6.45, 7) is 1.81. The number of nitrogens with zero attached hydrogens (tertiary/aromatic N) is 1. The van der Waals surface area contributed by atoms with Crippen LogP contribution in [-0.2, 0) is 0 Å². The van der Waals surface area contributed by atoms with Gasteiger partial charge in [-0.3, -0.25) is 4.79 Å². The Kier molecular flexibility index (Phi) is 4.90. The number of nitrogens with two attached hydrogens (primary N) is 1. The van der Waals surface area contributed by atoms with Gasteiger partial charge in [0.2, 0.25) is 0 Å². The average Bonchev–Trinajstić information content (AvgIpc) is 2.45. The third-order valence-corrected chi connectivity index (χ3v) is 3.73. The van der Waals surface area contributed by atoms with E-state index in [2.05, 4.69) is 15.7 Å². The zero-order chi connectivity index (χ0) is 15.6. The van der Waals surface area contributed by atoms with Gasteiger partial charge in [0.05, 0.1) is 15.7 Å². The van der Waals surface area contributed by atoms with Gasteiger partial charge in [0.15, 0.2) is 0 Å². The van der Waals surface area contributed by atoms with E-state index in [0.717, 1.165) is 5.56 Å². The Hall–Kier alpha value is -1.53. The summed E-state index contributed by atoms with van der Waals surface area (Å²) in [4.78, 5) is 16.2. The summed E-state index contributed by atoms with van der Waals surface area (Å²) in [6.07, 6.45) is 0. The Morgan fingerprint density at radius 3 is 2.52 bits per heavy atom. The highest BCUT2D eigenvalue weighted by molar-refractivity contribution is 6.37. The van der Waals surface area contributed by atoms with Gasteiger partial charge in [0.1, 0.15) is 11.5 Å². The number of benzene rings is 1. The molecule has 0 atom stereocenters. The standard InChI is InChI=1S/C13H11Cl3N4O/c1-6-4-9(16)10(5-8(6)15)18-13(21)12-7(14)2-3-11(19-12)20-17/h2-5H,17H2,1H3,(H,18,21)(H,19,20). The number of halogens is 3. The summed E-state index contributed by atoms with van der Waals surface area (Å²) in [5.41, 5.74) is 3.56. The molecule has 4 N–H and O–H groups in total. The molecule has 0 spiro atoms. The topological polar surface area (TPSA) is 80.0 Å². The highest BCUT2D eigenvalue weighted by atomic mass is 35.5. The van der Waals surface area contributed by atoms with Crippen molar-refractivity contribution in [1.82, 2.24) is 4.98 Å². The van der Waals surface area contributed by atoms with Crippen molar-refractivity contribution in [2.45, 2.75) is 6.92 Å². The van der Waals surface area contributed by atoms with E-state index in [4.69, 9.17) is 40.6 Å². The van der Waals surface area contributed by atoms with E-state index in [1.807, 2.05) is 6.92 Å². The Labute approximate surface area is 136 Å². The predicted molar refractivity (Wildman–Crippen MR) is 86.2 cm³/mol. The lowest BCUT2D eigenvalue weighted by Crippen LogP contribution is -2.17. The summed E-state index contributed by atoms with van der Waals surface area (Å²) in [6, 6.07) is 6.29. The zero-order valence-electron chi connectivity index (χ0n) is 10.9. The Morgan fingerprint density at radius 2 is 1.86 bits per heavy atom. The SMILES string of the molecule is Cc1cc(Cl)c(NC(=O)c2nc(NN)ccc2Cl)cc1Cl. The summed E-state index contributed by atoms with van der Waals surface area (Å²) < 4.78 is 0. The van der Waals surface area contributed by atoms with Gasteiger partial charge in [-0.15, -0.1) is 0 Å². The third kappa shape index (κ3) is 3.57. The van der Waals surface area contributed by atoms with Gasteiger partial charge in [0.25, 0.3) is 5.91 Å². The normalized spacial score (nSPS) is 10.3. The molecule has 5 nitrogen and oxygen atoms in total. The molecule has 0 aliphatic heterocycles. The number of rotatable bonds is 3. The molecule has 0 radical (unpaired) electrons. The molecule has 1 aromatic heterocycles. The first kappa shape index (κ1) is 15.9. The van der Waals surface area contributed by atoms with Crippen LogP contribution in [0.4, 0.5) is 11.5 Å². The maximum atomic E-state index is 12.2. The molecule has 1 amide bonds. The minimum Gasteiger partial charge on any atom is -0.319 e. The first-order chi connectivity index (χ1) is 9.92. The first-order valence-corrected chi connectivity index (χ1v) is 6.96. The monoisotopic (exact) mass is 344 g/mol. The van der Waals surface area contributed by atoms with E-state index >= 15 is 0 Å². The number of hydrogen-bond acceptors (Lipinski definition) is 4. The van der Waals surface area contributed by atoms with Crippen molar-refractivity contribution >= 4 is 52.2 Å². The van der Waals surface area contributed by atoms with Gasteiger partial charge in [0, 0.05) is 5.02 Å². The molecule has 0 unspecified atom stereocenters. The van der Waals surface area contributed by atoms with Crippen LogP contribution in [0.1, 0.15) is 16.1 Å². The predicted octanol–water partition coefficient (Wildman–Crippen LogP) is 3.89. The van der Waals surface area contributed by atoms with Crippen LogP contribution in [0, 0.1) is 6.92 Å². The lowest BCUT2D eigenvalue weighted by Gasteiger charge is -2.10. The number of hydrogen-bond donors (Lipinski definition) is 3. The maximum Gasteiger partial charge on any atom is 0.275 e. The number of aryl methyl sites for hydroxylation is 1. The second-order valence-corrected chi connectivity index (χ2v) is 5.43. The van der Waals surface area contributed by atoms with Crippen molar-refractivity contribution in [3.05, 3.63) is 50.6 Å². The molecule has 2 aromatic rings. The van der Waals surface area contributed by atoms with E-state index < -0.39 is 5.91 Å². The fraction of sp³-hybridized carbons (Fsp3) is 0.0769. The number of carbonyl (C=O) groups excluding carboxylic acids is 1. The van der Waals surface area contributed by atoms with Crippen molar-refractivity contribution < 1.29 is 4.79 Å². The molecular weight excluding hydrogens is 335 g/mol. The van der Waals surface area contributed by atoms with Crippen LogP contribution in [0.25, 0.3) is 0 Å². The smallest absolute Gasteiger partial charge is 0.275 e. The number of hydrazine groups is 1. The van der Waals surface area contributed by atoms with E-state index in [1.54, 1.807) is 18.2 Å². The van der Waals surface area contributed by atoms with Gasteiger partial charge >= 0.3 is 0 Å². The van der Waals surface area contributed by atoms with Gasteiger partial charge < -0.3 is 10.7 Å². The van der Waals surface area contributed by atoms with E-state index in [1.165, 1.54) is 6.07 Å². The van der Waals surface area contributed by atoms with Gasteiger partial charge in [-0.25, -0.2) is 10.8 Å². The first-order valence-electron chi connectivity index (χ1n) is 5.82. The quantitative estimate of drug-likeness (QED) is 0.582. The van der Waals surface area contributed by atoms with Crippen molar-refractivity contribution in [3.8, 4) is 0 Å². The molecule has 0 aliphatic rings. The van der Waals surface area contributed by atoms with Crippen molar-refractivity contribution in [1.29, 1.82) is 0 Å². The number of aromatic nitrogens is 1. The maximum absolute atomic E-state index is 12.2. The van der Waals surface area contributed by atoms with Gasteiger partial charge in [-0.05, 0) is 36.8 Å². The fourth-order valence-corrected chi connectivity index (χ4v) is 2.23. The Balaban J connectivity index is 2.32. The highest BCUT2D eigenvalue weighted by Gasteiger charge is 2.15. The minimum atomic E-state index is -0.515. The van der Waals surface area contributed by atoms with E-state index in [0.29, 0.717) is 21.6 Å². The molecule has 0 saturated carbocycles. The van der Waals surface area contributed by atoms with Crippen LogP contribution in [0.3, 0.4) is 0 Å². The fourth-order valence-electron chi connectivity index (χ4n) is 1.61. The van der Waals surface area contributed by atoms with Gasteiger partial charge in [-0.2, -0.15) is 0 Å². The molecule has 2 rings (SSSR count). The summed E-state index contributed by atoms with van der Waals surface area (Å²) in [7, 11) is 0. The Bertz CT molecular complexity index is 706. The second-order valence-electron chi connectivity index (χ2n) is 4.21. The summed E-state index contributed by atoms with van der Waals surface area (Å²) >= 11 is 18.0. The molecule has 21 heavy (non-hydrogen) atoms. The number of nitrogens with one attached hydrogen (secondary N) is 2. The van der Waals surface area contributed by atoms with Crippen LogP contribution >= 0.6 is 34.8 Å². The summed E-state index contributed by atoms with van der Waals surface area (Å²) in [5, 5.41) is 3.67.